The quantitative estimate of drug-likeness (QED) is 0.835. The van der Waals surface area contributed by atoms with Crippen LogP contribution in [-0.2, 0) is 21.4 Å². The largest absolute Gasteiger partial charge is 0.493 e. The van der Waals surface area contributed by atoms with Gasteiger partial charge in [0, 0.05) is 6.42 Å². The molecule has 0 radical (unpaired) electrons. The van der Waals surface area contributed by atoms with E-state index in [2.05, 4.69) is 0 Å². The first-order chi connectivity index (χ1) is 8.55. The highest BCUT2D eigenvalue weighted by molar-refractivity contribution is 5.94. The summed E-state index contributed by atoms with van der Waals surface area (Å²) in [5, 5.41) is 18.3. The van der Waals surface area contributed by atoms with Crippen LogP contribution in [0.25, 0.3) is 0 Å². The topological polar surface area (TPSA) is 83.8 Å². The molecule has 1 aromatic carbocycles. The number of rotatable bonds is 3. The molecule has 2 unspecified atom stereocenters. The third kappa shape index (κ3) is 1.33. The van der Waals surface area contributed by atoms with Crippen LogP contribution in [0, 0.1) is 5.92 Å². The summed E-state index contributed by atoms with van der Waals surface area (Å²) in [5.41, 5.74) is 0.291. The number of carboxylic acids is 2. The molecule has 0 aromatic heterocycles. The molecule has 0 spiro atoms. The Hall–Kier alpha value is -2.04. The molecule has 0 bridgehead atoms. The summed E-state index contributed by atoms with van der Waals surface area (Å²) in [6, 6.07) is 5.18. The lowest BCUT2D eigenvalue weighted by atomic mass is 9.91. The molecular formula is C13H12O5. The minimum Gasteiger partial charge on any atom is -0.493 e. The lowest BCUT2D eigenvalue weighted by Gasteiger charge is -2.12. The van der Waals surface area contributed by atoms with E-state index in [1.165, 1.54) is 0 Å². The van der Waals surface area contributed by atoms with E-state index in [-0.39, 0.29) is 6.42 Å². The van der Waals surface area contributed by atoms with Gasteiger partial charge < -0.3 is 14.9 Å². The van der Waals surface area contributed by atoms with Crippen molar-refractivity contribution in [2.45, 2.75) is 18.3 Å². The number of carbonyl (C=O) groups is 2. The predicted octanol–water partition coefficient (Wildman–Crippen LogP) is 1.05. The fraction of sp³-hybridized carbons (Fsp3) is 0.385. The summed E-state index contributed by atoms with van der Waals surface area (Å²) in [6.07, 6.45) is 0.911. The maximum Gasteiger partial charge on any atom is 0.315 e. The Morgan fingerprint density at radius 2 is 2.11 bits per heavy atom. The molecule has 94 valence electrons. The van der Waals surface area contributed by atoms with Gasteiger partial charge in [-0.3, -0.25) is 9.59 Å². The van der Waals surface area contributed by atoms with Gasteiger partial charge >= 0.3 is 11.9 Å². The highest BCUT2D eigenvalue weighted by Crippen LogP contribution is 2.55. The first-order valence-corrected chi connectivity index (χ1v) is 5.78. The first-order valence-electron chi connectivity index (χ1n) is 5.78. The van der Waals surface area contributed by atoms with Crippen LogP contribution in [0.3, 0.4) is 0 Å². The Labute approximate surface area is 103 Å². The second kappa shape index (κ2) is 3.48. The molecule has 1 heterocycles. The van der Waals surface area contributed by atoms with Crippen LogP contribution in [0.2, 0.25) is 0 Å². The minimum atomic E-state index is -1.25. The summed E-state index contributed by atoms with van der Waals surface area (Å²) >= 11 is 0. The van der Waals surface area contributed by atoms with Gasteiger partial charge in [-0.2, -0.15) is 0 Å². The Morgan fingerprint density at radius 3 is 2.72 bits per heavy atom. The normalized spacial score (nSPS) is 28.3. The molecule has 0 saturated heterocycles. The highest BCUT2D eigenvalue weighted by atomic mass is 16.5. The van der Waals surface area contributed by atoms with E-state index < -0.39 is 23.3 Å². The van der Waals surface area contributed by atoms with E-state index in [1.54, 1.807) is 18.2 Å². The summed E-state index contributed by atoms with van der Waals surface area (Å²) in [7, 11) is 0. The Morgan fingerprint density at radius 1 is 1.33 bits per heavy atom. The van der Waals surface area contributed by atoms with E-state index in [1.807, 2.05) is 0 Å². The van der Waals surface area contributed by atoms with Gasteiger partial charge in [-0.25, -0.2) is 0 Å². The summed E-state index contributed by atoms with van der Waals surface area (Å²) < 4.78 is 5.36. The maximum absolute atomic E-state index is 11.4. The van der Waals surface area contributed by atoms with Gasteiger partial charge in [-0.05, 0) is 23.6 Å². The molecule has 3 rings (SSSR count). The van der Waals surface area contributed by atoms with Crippen LogP contribution >= 0.6 is 0 Å². The average Bonchev–Trinajstić information content (AvgIpc) is 2.94. The smallest absolute Gasteiger partial charge is 0.315 e. The number of carboxylic acid groups (broad SMARTS) is 2. The molecule has 1 aliphatic heterocycles. The zero-order valence-corrected chi connectivity index (χ0v) is 9.55. The van der Waals surface area contributed by atoms with Crippen molar-refractivity contribution in [1.82, 2.24) is 0 Å². The molecular weight excluding hydrogens is 236 g/mol. The van der Waals surface area contributed by atoms with Crippen LogP contribution in [0.15, 0.2) is 18.2 Å². The van der Waals surface area contributed by atoms with Gasteiger partial charge in [0.05, 0.1) is 12.5 Å². The Bertz CT molecular complexity index is 550. The zero-order chi connectivity index (χ0) is 12.9. The van der Waals surface area contributed by atoms with Gasteiger partial charge in [-0.15, -0.1) is 0 Å². The lowest BCUT2D eigenvalue weighted by molar-refractivity contribution is -0.145. The van der Waals surface area contributed by atoms with Crippen molar-refractivity contribution in [3.8, 4) is 5.75 Å². The fourth-order valence-electron chi connectivity index (χ4n) is 2.70. The fourth-order valence-corrected chi connectivity index (χ4v) is 2.70. The molecule has 18 heavy (non-hydrogen) atoms. The molecule has 1 aromatic rings. The zero-order valence-electron chi connectivity index (χ0n) is 9.55. The number of hydrogen-bond acceptors (Lipinski definition) is 3. The summed E-state index contributed by atoms with van der Waals surface area (Å²) in [5.74, 6) is -2.16. The van der Waals surface area contributed by atoms with Gasteiger partial charge in [-0.1, -0.05) is 12.1 Å². The van der Waals surface area contributed by atoms with E-state index >= 15 is 0 Å². The van der Waals surface area contributed by atoms with Gasteiger partial charge in [0.25, 0.3) is 0 Å². The molecule has 0 amide bonds. The van der Waals surface area contributed by atoms with Crippen molar-refractivity contribution in [2.75, 3.05) is 6.61 Å². The molecule has 2 aliphatic rings. The van der Waals surface area contributed by atoms with Gasteiger partial charge in [0.15, 0.2) is 0 Å². The Kier molecular flexibility index (Phi) is 2.14. The predicted molar refractivity (Wildman–Crippen MR) is 60.7 cm³/mol. The number of ether oxygens (including phenoxy) is 1. The van der Waals surface area contributed by atoms with Gasteiger partial charge in [0.2, 0.25) is 0 Å². The van der Waals surface area contributed by atoms with Crippen LogP contribution in [0.4, 0.5) is 0 Å². The van der Waals surface area contributed by atoms with Crippen molar-refractivity contribution in [3.63, 3.8) is 0 Å². The molecule has 1 aliphatic carbocycles. The van der Waals surface area contributed by atoms with E-state index in [0.717, 1.165) is 17.7 Å². The number of fused-ring (bicyclic) bond motifs is 1. The van der Waals surface area contributed by atoms with E-state index in [4.69, 9.17) is 9.84 Å². The SMILES string of the molecule is O=C(O)C1CC1(C(=O)O)c1ccc2c(c1)CCO2. The summed E-state index contributed by atoms with van der Waals surface area (Å²) in [4.78, 5) is 22.4. The molecule has 1 saturated carbocycles. The van der Waals surface area contributed by atoms with Crippen molar-refractivity contribution in [1.29, 1.82) is 0 Å². The molecule has 5 nitrogen and oxygen atoms in total. The summed E-state index contributed by atoms with van der Waals surface area (Å²) in [6.45, 7) is 0.598. The lowest BCUT2D eigenvalue weighted by Crippen LogP contribution is -2.25. The number of benzene rings is 1. The molecule has 2 N–H and O–H groups in total. The van der Waals surface area contributed by atoms with Crippen molar-refractivity contribution < 1.29 is 24.5 Å². The van der Waals surface area contributed by atoms with Crippen molar-refractivity contribution in [3.05, 3.63) is 29.3 Å². The van der Waals surface area contributed by atoms with Gasteiger partial charge in [0.1, 0.15) is 11.2 Å². The number of hydrogen-bond donors (Lipinski definition) is 2. The number of aliphatic carboxylic acids is 2. The van der Waals surface area contributed by atoms with Crippen molar-refractivity contribution in [2.24, 2.45) is 5.92 Å². The standard InChI is InChI=1S/C13H12O5/c14-11(15)9-6-13(9,12(16)17)8-1-2-10-7(5-8)3-4-18-10/h1-2,5,9H,3-4,6H2,(H,14,15)(H,16,17). The highest BCUT2D eigenvalue weighted by Gasteiger charge is 2.65. The first kappa shape index (κ1) is 11.1. The van der Waals surface area contributed by atoms with Crippen molar-refractivity contribution >= 4 is 11.9 Å². The Balaban J connectivity index is 2.03. The van der Waals surface area contributed by atoms with Crippen LogP contribution in [0.1, 0.15) is 17.5 Å². The second-order valence-electron chi connectivity index (χ2n) is 4.79. The second-order valence-corrected chi connectivity index (χ2v) is 4.79. The van der Waals surface area contributed by atoms with E-state index in [0.29, 0.717) is 12.2 Å². The monoisotopic (exact) mass is 248 g/mol. The van der Waals surface area contributed by atoms with Crippen LogP contribution in [0.5, 0.6) is 5.75 Å². The average molecular weight is 248 g/mol. The molecule has 2 atom stereocenters. The van der Waals surface area contributed by atoms with Crippen LogP contribution < -0.4 is 4.74 Å². The third-order valence-electron chi connectivity index (χ3n) is 3.85. The molecule has 1 fully saturated rings. The van der Waals surface area contributed by atoms with Crippen LogP contribution in [-0.4, -0.2) is 28.8 Å². The third-order valence-corrected chi connectivity index (χ3v) is 3.85. The molecule has 5 heteroatoms. The maximum atomic E-state index is 11.4. The minimum absolute atomic E-state index is 0.164. The van der Waals surface area contributed by atoms with E-state index in [9.17, 15) is 14.7 Å².